The van der Waals surface area contributed by atoms with Crippen molar-refractivity contribution in [3.05, 3.63) is 6.04 Å². The summed E-state index contributed by atoms with van der Waals surface area (Å²) < 4.78 is 23.1. The molecular formula is C4H8NO2S. The standard InChI is InChI=1S/C4H8NO2S/c1-8(6,7)5-4-2-3-4/h5H,2-3H2,1H3. The molecule has 0 spiro atoms. The molecule has 8 heavy (non-hydrogen) atoms. The SMILES string of the molecule is CS(=O)(=O)N[C]1CC1. The molecule has 0 aliphatic heterocycles. The Bertz CT molecular complexity index is 168. The first-order chi connectivity index (χ1) is 3.58. The fourth-order valence-corrected chi connectivity index (χ4v) is 1.16. The van der Waals surface area contributed by atoms with Crippen molar-refractivity contribution in [1.29, 1.82) is 0 Å². The van der Waals surface area contributed by atoms with Crippen LogP contribution in [0.4, 0.5) is 0 Å². The molecular weight excluding hydrogens is 126 g/mol. The van der Waals surface area contributed by atoms with E-state index in [2.05, 4.69) is 4.72 Å². The molecule has 47 valence electrons. The summed E-state index contributed by atoms with van der Waals surface area (Å²) in [6.07, 6.45) is 3.01. The van der Waals surface area contributed by atoms with Crippen molar-refractivity contribution in [1.82, 2.24) is 4.72 Å². The minimum absolute atomic E-state index is 0.924. The van der Waals surface area contributed by atoms with Gasteiger partial charge in [0.05, 0.1) is 12.3 Å². The van der Waals surface area contributed by atoms with Crippen LogP contribution in [0, 0.1) is 6.04 Å². The van der Waals surface area contributed by atoms with Crippen molar-refractivity contribution in [2.24, 2.45) is 0 Å². The summed E-state index contributed by atoms with van der Waals surface area (Å²) in [5.74, 6) is 0. The molecule has 4 heteroatoms. The zero-order chi connectivity index (χ0) is 6.20. The first kappa shape index (κ1) is 6.04. The van der Waals surface area contributed by atoms with E-state index in [-0.39, 0.29) is 0 Å². The lowest BCUT2D eigenvalue weighted by atomic mass is 10.8. The van der Waals surface area contributed by atoms with Gasteiger partial charge in [-0.3, -0.25) is 0 Å². The molecule has 1 fully saturated rings. The van der Waals surface area contributed by atoms with E-state index in [0.717, 1.165) is 18.9 Å². The molecule has 0 atom stereocenters. The number of hydrogen-bond acceptors (Lipinski definition) is 2. The van der Waals surface area contributed by atoms with Gasteiger partial charge in [-0.2, -0.15) is 0 Å². The summed E-state index contributed by atoms with van der Waals surface area (Å²) in [6.45, 7) is 0. The van der Waals surface area contributed by atoms with Gasteiger partial charge in [-0.05, 0) is 12.8 Å². The third kappa shape index (κ3) is 2.28. The molecule has 0 aromatic heterocycles. The van der Waals surface area contributed by atoms with Crippen LogP contribution >= 0.6 is 0 Å². The molecule has 0 aromatic rings. The molecule has 0 heterocycles. The van der Waals surface area contributed by atoms with Crippen molar-refractivity contribution < 1.29 is 8.42 Å². The van der Waals surface area contributed by atoms with E-state index in [0.29, 0.717) is 0 Å². The lowest BCUT2D eigenvalue weighted by molar-refractivity contribution is 0.593. The highest BCUT2D eigenvalue weighted by Crippen LogP contribution is 2.28. The fourth-order valence-electron chi connectivity index (χ4n) is 0.427. The molecule has 0 unspecified atom stereocenters. The Balaban J connectivity index is 2.38. The molecule has 0 amide bonds. The van der Waals surface area contributed by atoms with Gasteiger partial charge in [0.25, 0.3) is 0 Å². The van der Waals surface area contributed by atoms with Gasteiger partial charge in [-0.25, -0.2) is 13.1 Å². The Morgan fingerprint density at radius 1 is 1.50 bits per heavy atom. The molecule has 0 bridgehead atoms. The first-order valence-electron chi connectivity index (χ1n) is 2.40. The molecule has 1 rings (SSSR count). The maximum atomic E-state index is 10.3. The van der Waals surface area contributed by atoms with Crippen LogP contribution in [0.25, 0.3) is 0 Å². The minimum Gasteiger partial charge on any atom is -0.213 e. The minimum atomic E-state index is -2.95. The van der Waals surface area contributed by atoms with Gasteiger partial charge in [-0.1, -0.05) is 0 Å². The Kier molecular flexibility index (Phi) is 1.28. The average Bonchev–Trinajstić information content (AvgIpc) is 2.12. The van der Waals surface area contributed by atoms with Crippen LogP contribution in [0.2, 0.25) is 0 Å². The van der Waals surface area contributed by atoms with E-state index >= 15 is 0 Å². The van der Waals surface area contributed by atoms with Crippen molar-refractivity contribution in [3.8, 4) is 0 Å². The van der Waals surface area contributed by atoms with E-state index in [1.54, 1.807) is 0 Å². The van der Waals surface area contributed by atoms with Crippen molar-refractivity contribution >= 4 is 10.0 Å². The Morgan fingerprint density at radius 2 is 2.00 bits per heavy atom. The summed E-state index contributed by atoms with van der Waals surface area (Å²) in [4.78, 5) is 0. The van der Waals surface area contributed by atoms with Gasteiger partial charge in [0, 0.05) is 0 Å². The van der Waals surface area contributed by atoms with Crippen LogP contribution < -0.4 is 4.72 Å². The highest BCUT2D eigenvalue weighted by molar-refractivity contribution is 7.88. The molecule has 1 aliphatic carbocycles. The highest BCUT2D eigenvalue weighted by atomic mass is 32.2. The smallest absolute Gasteiger partial charge is 0.209 e. The quantitative estimate of drug-likeness (QED) is 0.571. The Hall–Kier alpha value is -0.0900. The predicted molar refractivity (Wildman–Crippen MR) is 30.5 cm³/mol. The van der Waals surface area contributed by atoms with E-state index < -0.39 is 10.0 Å². The molecule has 1 aliphatic rings. The lowest BCUT2D eigenvalue weighted by Gasteiger charge is -1.93. The molecule has 3 nitrogen and oxygen atoms in total. The molecule has 1 saturated carbocycles. The summed E-state index contributed by atoms with van der Waals surface area (Å²) >= 11 is 0. The number of hydrogen-bond donors (Lipinski definition) is 1. The van der Waals surface area contributed by atoms with Gasteiger partial charge in [0.1, 0.15) is 0 Å². The second-order valence-corrected chi connectivity index (χ2v) is 3.73. The number of sulfonamides is 1. The Labute approximate surface area is 49.1 Å². The molecule has 0 aromatic carbocycles. The van der Waals surface area contributed by atoms with Gasteiger partial charge >= 0.3 is 0 Å². The largest absolute Gasteiger partial charge is 0.213 e. The van der Waals surface area contributed by atoms with E-state index in [4.69, 9.17) is 0 Å². The van der Waals surface area contributed by atoms with Crippen LogP contribution in [0.15, 0.2) is 0 Å². The topological polar surface area (TPSA) is 46.2 Å². The summed E-state index contributed by atoms with van der Waals surface area (Å²) in [5.41, 5.74) is 0. The van der Waals surface area contributed by atoms with Gasteiger partial charge in [-0.15, -0.1) is 0 Å². The lowest BCUT2D eigenvalue weighted by Crippen LogP contribution is -2.19. The number of nitrogens with one attached hydrogen (secondary N) is 1. The zero-order valence-electron chi connectivity index (χ0n) is 4.64. The second kappa shape index (κ2) is 1.70. The second-order valence-electron chi connectivity index (χ2n) is 1.98. The van der Waals surface area contributed by atoms with Gasteiger partial charge in [0.15, 0.2) is 0 Å². The van der Waals surface area contributed by atoms with E-state index in [1.165, 1.54) is 6.26 Å². The predicted octanol–water partition coefficient (Wildman–Crippen LogP) is -0.139. The average molecular weight is 134 g/mol. The van der Waals surface area contributed by atoms with Crippen LogP contribution in [-0.4, -0.2) is 14.7 Å². The Morgan fingerprint density at radius 3 is 2.12 bits per heavy atom. The molecule has 1 radical (unpaired) electrons. The van der Waals surface area contributed by atoms with E-state index in [9.17, 15) is 8.42 Å². The first-order valence-corrected chi connectivity index (χ1v) is 4.29. The summed E-state index contributed by atoms with van der Waals surface area (Å²) in [5, 5.41) is 0. The maximum Gasteiger partial charge on any atom is 0.209 e. The summed E-state index contributed by atoms with van der Waals surface area (Å²) in [6, 6.07) is 0.938. The maximum absolute atomic E-state index is 10.3. The normalized spacial score (nSPS) is 21.1. The third-order valence-corrected chi connectivity index (χ3v) is 1.49. The zero-order valence-corrected chi connectivity index (χ0v) is 5.46. The highest BCUT2D eigenvalue weighted by Gasteiger charge is 2.25. The molecule has 0 saturated heterocycles. The number of rotatable bonds is 2. The van der Waals surface area contributed by atoms with Crippen LogP contribution in [0.3, 0.4) is 0 Å². The van der Waals surface area contributed by atoms with Crippen LogP contribution in [0.5, 0.6) is 0 Å². The van der Waals surface area contributed by atoms with Crippen molar-refractivity contribution in [3.63, 3.8) is 0 Å². The van der Waals surface area contributed by atoms with Gasteiger partial charge in [0.2, 0.25) is 10.0 Å². The van der Waals surface area contributed by atoms with Crippen LogP contribution in [-0.2, 0) is 10.0 Å². The fraction of sp³-hybridized carbons (Fsp3) is 0.750. The van der Waals surface area contributed by atoms with Crippen molar-refractivity contribution in [2.45, 2.75) is 12.8 Å². The summed E-state index contributed by atoms with van der Waals surface area (Å²) in [7, 11) is -2.95. The monoisotopic (exact) mass is 134 g/mol. The van der Waals surface area contributed by atoms with E-state index in [1.807, 2.05) is 0 Å². The van der Waals surface area contributed by atoms with Crippen molar-refractivity contribution in [2.75, 3.05) is 6.26 Å². The third-order valence-electron chi connectivity index (χ3n) is 0.830. The van der Waals surface area contributed by atoms with Crippen LogP contribution in [0.1, 0.15) is 12.8 Å². The van der Waals surface area contributed by atoms with Gasteiger partial charge < -0.3 is 0 Å². The molecule has 1 N–H and O–H groups in total.